The number of ketones is 1. The van der Waals surface area contributed by atoms with Crippen molar-refractivity contribution in [1.29, 1.82) is 0 Å². The molecule has 1 saturated heterocycles. The Morgan fingerprint density at radius 1 is 0.576 bits per heavy atom. The van der Waals surface area contributed by atoms with Crippen LogP contribution in [-0.2, 0) is 109 Å². The smallest absolute Gasteiger partial charge is 0.329 e. The highest BCUT2D eigenvalue weighted by Crippen LogP contribution is 2.22. The number of unbranched alkanes of at least 4 members (excludes halogenated alkanes) is 6. The Bertz CT molecular complexity index is 4600. The molecule has 1 aliphatic rings. The van der Waals surface area contributed by atoms with Gasteiger partial charge in [0.25, 0.3) is 5.69 Å². The van der Waals surface area contributed by atoms with Crippen molar-refractivity contribution in [3.8, 4) is 0 Å². The van der Waals surface area contributed by atoms with Crippen LogP contribution in [0.15, 0.2) is 79.0 Å². The second-order valence-corrected chi connectivity index (χ2v) is 29.6. The molecule has 680 valence electrons. The molecule has 46 heteroatoms. The number of aliphatic hydroxyl groups is 1. The van der Waals surface area contributed by atoms with Crippen molar-refractivity contribution in [3.05, 3.63) is 106 Å². The molecule has 5 rings (SSSR count). The number of H-pyrrole nitrogens is 1. The Labute approximate surface area is 713 Å². The SMILES string of the molecule is CCCCCCCCCC(=O)N[C@@H](Cc1c[nH]c2ccccc12)C(=O)N[C@@H](CC(N)=O)C(=O)N[C@@H](CC(=O)O)C(=O)NC1C(=O)NCC(=O)N[C@@H](CCCNCc2cccc([N+](=O)[O-])c2)C(=O)NC(CC(=O)O)C(=O)N[C@H](C)C(=O)N[C@@H](CC(=O)O)C(=O)NCC(=O)N[C@H](CO)C(=O)NC([C@H](C)CC(=O)O)C(=O)N[C@@H](CC(=O)c2ccccc2N)C(=O)OC1C. The maximum absolute atomic E-state index is 15.0. The predicted octanol–water partition coefficient (Wildman–Crippen LogP) is -3.88. The number of cyclic esters (lactones) is 1. The number of nitro benzene ring substituents is 1. The summed E-state index contributed by atoms with van der Waals surface area (Å²) in [7, 11) is 0. The fraction of sp³-hybridized carbons (Fsp3) is 0.494. The van der Waals surface area contributed by atoms with E-state index in [2.05, 4.69) is 70.4 Å². The van der Waals surface area contributed by atoms with Crippen LogP contribution in [0, 0.1) is 16.0 Å². The van der Waals surface area contributed by atoms with E-state index >= 15 is 0 Å². The summed E-state index contributed by atoms with van der Waals surface area (Å²) in [5.74, 6) is -30.2. The number of non-ortho nitro benzene ring substituents is 1. The van der Waals surface area contributed by atoms with Crippen LogP contribution in [0.5, 0.6) is 0 Å². The predicted molar refractivity (Wildman–Crippen MR) is 436 cm³/mol. The molecule has 0 radical (unpaired) electrons. The first kappa shape index (κ1) is 101. The topological polar surface area (TPSA) is 731 Å². The van der Waals surface area contributed by atoms with Crippen molar-refractivity contribution in [3.63, 3.8) is 0 Å². The lowest BCUT2D eigenvalue weighted by Crippen LogP contribution is -2.62. The van der Waals surface area contributed by atoms with Crippen molar-refractivity contribution in [1.82, 2.24) is 79.4 Å². The zero-order valence-corrected chi connectivity index (χ0v) is 68.8. The Hall–Kier alpha value is -14.1. The van der Waals surface area contributed by atoms with Crippen molar-refractivity contribution >= 4 is 141 Å². The number of primary amides is 1. The van der Waals surface area contributed by atoms with Gasteiger partial charge in [0, 0.05) is 66.3 Å². The number of aliphatic hydroxyl groups excluding tert-OH is 1. The van der Waals surface area contributed by atoms with Crippen LogP contribution >= 0.6 is 0 Å². The van der Waals surface area contributed by atoms with E-state index in [4.69, 9.17) is 16.2 Å². The molecule has 0 aliphatic carbocycles. The molecule has 1 aliphatic heterocycles. The Kier molecular flexibility index (Phi) is 41.4. The molecule has 2 heterocycles. The number of benzene rings is 3. The molecule has 13 atom stereocenters. The van der Waals surface area contributed by atoms with Gasteiger partial charge in [0.05, 0.1) is 56.7 Å². The standard InChI is InChI=1S/C79H106N18O28/c1-5-6-7-8-9-10-11-25-60(101)88-51(29-44-36-83-49-23-15-13-20-46(44)49)73(116)91-52(31-59(81)100)74(117)93-55(34-66(110)111)75(118)96-68-42(4)125-79(122)56(30-58(99)47-21-12-14-22-48(47)80)94-78(121)67(40(2)27-63(104)105)95-76(119)57(39-98)89-62(103)37-84-70(113)53(32-64(106)107)90-69(112)41(3)86-72(115)54(33-65(108)109)92-71(114)50(87-61(102)38-85-77(68)120)24-17-26-82-35-43-18-16-19-45(28-43)97(123)124/h12-16,18-23,28,36,40-42,50-57,67-68,82-83,98H,5-11,17,24-27,29-35,37-39,80H2,1-4H3,(H2,81,100)(H,84,113)(H,85,120)(H,86,115)(H,87,102)(H,88,101)(H,89,103)(H,90,112)(H,91,116)(H,92,114)(H,93,117)(H,94,121)(H,95,119)(H,96,118)(H,104,105)(H,106,107)(H,108,109)(H,110,111)/t40-,41-,42?,50+,51+,52+,53+,54?,55+,56+,57-,67?,68?/m1/s1. The molecule has 0 bridgehead atoms. The molecule has 4 aromatic rings. The molecular weight excluding hydrogens is 1650 g/mol. The lowest BCUT2D eigenvalue weighted by Gasteiger charge is -2.30. The number of hydrogen-bond acceptors (Lipinski definition) is 26. The third-order valence-corrected chi connectivity index (χ3v) is 19.5. The number of rotatable bonds is 39. The molecule has 0 spiro atoms. The normalized spacial score (nSPS) is 20.4. The van der Waals surface area contributed by atoms with E-state index in [1.807, 2.05) is 16.0 Å². The summed E-state index contributed by atoms with van der Waals surface area (Å²) in [5, 5.41) is 93.7. The number of nitro groups is 1. The maximum Gasteiger partial charge on any atom is 0.329 e. The number of nitrogens with one attached hydrogen (secondary N) is 15. The molecule has 0 saturated carbocycles. The number of aliphatic carboxylic acids is 4. The van der Waals surface area contributed by atoms with E-state index in [1.165, 1.54) is 48.5 Å². The average Bonchev–Trinajstić information content (AvgIpc) is 1.78. The van der Waals surface area contributed by atoms with Gasteiger partial charge in [-0.1, -0.05) is 94.8 Å². The molecule has 24 N–H and O–H groups in total. The third-order valence-electron chi connectivity index (χ3n) is 19.5. The number of nitrogens with two attached hydrogens (primary N) is 2. The van der Waals surface area contributed by atoms with Gasteiger partial charge in [0.2, 0.25) is 82.7 Å². The van der Waals surface area contributed by atoms with E-state index in [1.54, 1.807) is 30.5 Å². The summed E-state index contributed by atoms with van der Waals surface area (Å²) in [4.78, 5) is 290. The number of nitrogens with zero attached hydrogens (tertiary/aromatic N) is 1. The number of carboxylic acids is 4. The number of ether oxygens (including phenoxy) is 1. The van der Waals surface area contributed by atoms with Gasteiger partial charge < -0.3 is 121 Å². The number of carbonyl (C=O) groups is 20. The van der Waals surface area contributed by atoms with E-state index in [-0.39, 0.29) is 49.3 Å². The van der Waals surface area contributed by atoms with Gasteiger partial charge in [-0.05, 0) is 74.9 Å². The number of nitrogen functional groups attached to an aromatic ring is 1. The van der Waals surface area contributed by atoms with Crippen LogP contribution in [0.4, 0.5) is 11.4 Å². The average molecular weight is 1760 g/mol. The number of aromatic nitrogens is 1. The highest BCUT2D eigenvalue weighted by Gasteiger charge is 2.41. The number of anilines is 1. The van der Waals surface area contributed by atoms with Crippen LogP contribution in [0.1, 0.15) is 152 Å². The number of para-hydroxylation sites is 2. The molecule has 46 nitrogen and oxygen atoms in total. The minimum Gasteiger partial charge on any atom is -0.481 e. The Morgan fingerprint density at radius 3 is 1.77 bits per heavy atom. The number of carboxylic acid groups (broad SMARTS) is 4. The number of esters is 1. The fourth-order valence-corrected chi connectivity index (χ4v) is 12.9. The zero-order valence-electron chi connectivity index (χ0n) is 68.8. The second kappa shape index (κ2) is 51.0. The molecule has 1 fully saturated rings. The number of hydrogen-bond donors (Lipinski definition) is 22. The van der Waals surface area contributed by atoms with Crippen molar-refractivity contribution in [2.45, 2.75) is 216 Å². The number of aromatic amines is 1. The largest absolute Gasteiger partial charge is 0.481 e. The zero-order chi connectivity index (χ0) is 92.7. The summed E-state index contributed by atoms with van der Waals surface area (Å²) in [6.45, 7) is 1.08. The van der Waals surface area contributed by atoms with Crippen molar-refractivity contribution in [2.24, 2.45) is 11.7 Å². The minimum absolute atomic E-state index is 0.0170. The molecule has 4 unspecified atom stereocenters. The molecule has 3 aromatic carbocycles. The number of carbonyl (C=O) groups excluding carboxylic acids is 16. The van der Waals surface area contributed by atoms with E-state index < -0.39 is 266 Å². The fourth-order valence-electron chi connectivity index (χ4n) is 12.9. The van der Waals surface area contributed by atoms with E-state index in [0.717, 1.165) is 52.9 Å². The van der Waals surface area contributed by atoms with Crippen LogP contribution in [0.3, 0.4) is 0 Å². The van der Waals surface area contributed by atoms with E-state index in [9.17, 15) is 132 Å². The number of Topliss-reactive ketones (excluding diaryl/α,β-unsaturated/α-hetero) is 1. The monoisotopic (exact) mass is 1750 g/mol. The quantitative estimate of drug-likeness (QED) is 0.00507. The highest BCUT2D eigenvalue weighted by molar-refractivity contribution is 6.05. The number of fused-ring (bicyclic) bond motifs is 1. The number of amides is 14. The lowest BCUT2D eigenvalue weighted by atomic mass is 9.96. The minimum atomic E-state index is -2.49. The molecule has 125 heavy (non-hydrogen) atoms. The van der Waals surface area contributed by atoms with Crippen LogP contribution in [0.25, 0.3) is 10.9 Å². The summed E-state index contributed by atoms with van der Waals surface area (Å²) < 4.78 is 5.72. The van der Waals surface area contributed by atoms with Gasteiger partial charge in [0.15, 0.2) is 5.78 Å². The molecular formula is C79H106N18O28. The second-order valence-electron chi connectivity index (χ2n) is 29.6. The van der Waals surface area contributed by atoms with Gasteiger partial charge >= 0.3 is 29.8 Å². The first-order valence-corrected chi connectivity index (χ1v) is 39.9. The van der Waals surface area contributed by atoms with Gasteiger partial charge in [-0.15, -0.1) is 0 Å². The Morgan fingerprint density at radius 2 is 1.14 bits per heavy atom. The molecule has 14 amide bonds. The van der Waals surface area contributed by atoms with Gasteiger partial charge in [-0.3, -0.25) is 101 Å². The van der Waals surface area contributed by atoms with Crippen molar-refractivity contribution < 1.29 is 131 Å². The first-order valence-electron chi connectivity index (χ1n) is 39.9. The van der Waals surface area contributed by atoms with Crippen LogP contribution in [0.2, 0.25) is 0 Å². The van der Waals surface area contributed by atoms with Gasteiger partial charge in [0.1, 0.15) is 72.6 Å². The van der Waals surface area contributed by atoms with Crippen LogP contribution in [-0.4, -0.2) is 253 Å². The van der Waals surface area contributed by atoms with Gasteiger partial charge in [-0.25, -0.2) is 4.79 Å². The Balaban J connectivity index is 1.63. The summed E-state index contributed by atoms with van der Waals surface area (Å²) in [5.41, 5.74) is 12.5. The molecule has 1 aromatic heterocycles. The summed E-state index contributed by atoms with van der Waals surface area (Å²) in [6, 6.07) is -5.62. The van der Waals surface area contributed by atoms with Gasteiger partial charge in [-0.2, -0.15) is 0 Å². The highest BCUT2D eigenvalue weighted by atomic mass is 16.6. The summed E-state index contributed by atoms with van der Waals surface area (Å²) in [6.07, 6.45) is -2.75. The van der Waals surface area contributed by atoms with Crippen LogP contribution < -0.4 is 85.9 Å². The summed E-state index contributed by atoms with van der Waals surface area (Å²) >= 11 is 0. The first-order chi connectivity index (χ1) is 59.2. The lowest BCUT2D eigenvalue weighted by molar-refractivity contribution is -0.384. The van der Waals surface area contributed by atoms with E-state index in [0.29, 0.717) is 34.9 Å². The van der Waals surface area contributed by atoms with Crippen molar-refractivity contribution in [2.75, 3.05) is 32.0 Å². The third kappa shape index (κ3) is 34.8. The maximum atomic E-state index is 15.0.